The molecular formula is C21H32N2O3. The van der Waals surface area contributed by atoms with Crippen LogP contribution in [0.3, 0.4) is 0 Å². The van der Waals surface area contributed by atoms with Gasteiger partial charge < -0.3 is 14.2 Å². The fraction of sp³-hybridized carbons (Fsp3) is 0.762. The summed E-state index contributed by atoms with van der Waals surface area (Å²) in [5.74, 6) is 0.733. The molecule has 0 bridgehead atoms. The molecule has 5 heteroatoms. The summed E-state index contributed by atoms with van der Waals surface area (Å²) in [6.07, 6.45) is 9.66. The minimum Gasteiger partial charge on any atom is -0.381 e. The molecule has 3 fully saturated rings. The minimum atomic E-state index is 0.127. The van der Waals surface area contributed by atoms with Gasteiger partial charge in [0.15, 0.2) is 0 Å². The number of rotatable bonds is 6. The Morgan fingerprint density at radius 3 is 2.85 bits per heavy atom. The Morgan fingerprint density at radius 2 is 2.04 bits per heavy atom. The molecule has 0 radical (unpaired) electrons. The molecule has 4 heterocycles. The van der Waals surface area contributed by atoms with Crippen LogP contribution < -0.4 is 0 Å². The van der Waals surface area contributed by atoms with Gasteiger partial charge in [-0.2, -0.15) is 0 Å². The van der Waals surface area contributed by atoms with Gasteiger partial charge in [0.25, 0.3) is 0 Å². The Labute approximate surface area is 157 Å². The van der Waals surface area contributed by atoms with Crippen LogP contribution in [0.25, 0.3) is 0 Å². The maximum Gasteiger partial charge on any atom is 0.0937 e. The number of aromatic nitrogens is 1. The smallest absolute Gasteiger partial charge is 0.0937 e. The van der Waals surface area contributed by atoms with Gasteiger partial charge in [0.2, 0.25) is 0 Å². The second kappa shape index (κ2) is 8.34. The maximum absolute atomic E-state index is 6.22. The third-order valence-electron chi connectivity index (χ3n) is 6.16. The van der Waals surface area contributed by atoms with E-state index in [9.17, 15) is 0 Å². The molecule has 3 aliphatic heterocycles. The van der Waals surface area contributed by atoms with Crippen LogP contribution in [0.4, 0.5) is 0 Å². The molecule has 1 aromatic rings. The van der Waals surface area contributed by atoms with Crippen molar-refractivity contribution in [2.24, 2.45) is 5.92 Å². The highest BCUT2D eigenvalue weighted by molar-refractivity contribution is 5.15. The summed E-state index contributed by atoms with van der Waals surface area (Å²) in [5.41, 5.74) is 2.48. The first kappa shape index (κ1) is 18.4. The standard InChI is InChI=1S/C21H32N2O3/c1-17-10-19(13-22-12-17)14-25-6-2-18-3-9-26-21(11-18)15-23(16-21)20-4-7-24-8-5-20/h10,12-13,18,20H,2-9,11,14-16H2,1H3. The molecule has 1 spiro atoms. The average Bonchev–Trinajstić information content (AvgIpc) is 2.64. The lowest BCUT2D eigenvalue weighted by molar-refractivity contribution is -0.195. The van der Waals surface area contributed by atoms with E-state index in [-0.39, 0.29) is 5.60 Å². The zero-order valence-corrected chi connectivity index (χ0v) is 16.0. The van der Waals surface area contributed by atoms with Gasteiger partial charge in [-0.05, 0) is 56.1 Å². The number of hydrogen-bond donors (Lipinski definition) is 0. The van der Waals surface area contributed by atoms with E-state index in [0.717, 1.165) is 51.9 Å². The zero-order valence-electron chi connectivity index (χ0n) is 16.0. The van der Waals surface area contributed by atoms with Gasteiger partial charge in [-0.3, -0.25) is 9.88 Å². The Morgan fingerprint density at radius 1 is 1.19 bits per heavy atom. The molecule has 5 nitrogen and oxygen atoms in total. The van der Waals surface area contributed by atoms with E-state index in [4.69, 9.17) is 14.2 Å². The number of likely N-dealkylation sites (tertiary alicyclic amines) is 1. The second-order valence-corrected chi connectivity index (χ2v) is 8.35. The van der Waals surface area contributed by atoms with Crippen LogP contribution in [-0.2, 0) is 20.8 Å². The average molecular weight is 360 g/mol. The summed E-state index contributed by atoms with van der Waals surface area (Å²) < 4.78 is 17.6. The molecule has 3 aliphatic rings. The lowest BCUT2D eigenvalue weighted by Crippen LogP contribution is -2.68. The lowest BCUT2D eigenvalue weighted by Gasteiger charge is -2.56. The van der Waals surface area contributed by atoms with Gasteiger partial charge in [-0.15, -0.1) is 0 Å². The molecule has 0 aromatic carbocycles. The normalized spacial score (nSPS) is 26.7. The molecule has 3 saturated heterocycles. The molecule has 0 amide bonds. The number of hydrogen-bond acceptors (Lipinski definition) is 5. The highest BCUT2D eigenvalue weighted by Crippen LogP contribution is 2.40. The molecule has 1 aromatic heterocycles. The third kappa shape index (κ3) is 4.45. The van der Waals surface area contributed by atoms with E-state index >= 15 is 0 Å². The first-order chi connectivity index (χ1) is 12.7. The van der Waals surface area contributed by atoms with E-state index in [1.807, 2.05) is 12.4 Å². The SMILES string of the molecule is Cc1cncc(COCCC2CCOC3(C2)CN(C2CCOCC2)C3)c1. The largest absolute Gasteiger partial charge is 0.381 e. The zero-order chi connectivity index (χ0) is 17.8. The fourth-order valence-electron chi connectivity index (χ4n) is 4.73. The van der Waals surface area contributed by atoms with Crippen molar-refractivity contribution < 1.29 is 14.2 Å². The van der Waals surface area contributed by atoms with Crippen LogP contribution >= 0.6 is 0 Å². The summed E-state index contributed by atoms with van der Waals surface area (Å²) in [6.45, 7) is 8.55. The molecule has 26 heavy (non-hydrogen) atoms. The van der Waals surface area contributed by atoms with Crippen LogP contribution in [0.2, 0.25) is 0 Å². The number of pyridine rings is 1. The predicted molar refractivity (Wildman–Crippen MR) is 100 cm³/mol. The van der Waals surface area contributed by atoms with Crippen molar-refractivity contribution in [1.29, 1.82) is 0 Å². The first-order valence-electron chi connectivity index (χ1n) is 10.2. The van der Waals surface area contributed by atoms with E-state index in [1.165, 1.54) is 36.8 Å². The van der Waals surface area contributed by atoms with Gasteiger partial charge in [0, 0.05) is 58.0 Å². The van der Waals surface area contributed by atoms with Crippen molar-refractivity contribution in [3.8, 4) is 0 Å². The van der Waals surface area contributed by atoms with Crippen LogP contribution in [0.15, 0.2) is 18.5 Å². The second-order valence-electron chi connectivity index (χ2n) is 8.35. The van der Waals surface area contributed by atoms with E-state index < -0.39 is 0 Å². The molecule has 4 rings (SSSR count). The fourth-order valence-corrected chi connectivity index (χ4v) is 4.73. The van der Waals surface area contributed by atoms with Crippen LogP contribution in [0.1, 0.15) is 43.2 Å². The number of aryl methyl sites for hydroxylation is 1. The molecule has 0 saturated carbocycles. The lowest BCUT2D eigenvalue weighted by atomic mass is 9.78. The summed E-state index contributed by atoms with van der Waals surface area (Å²) >= 11 is 0. The number of ether oxygens (including phenoxy) is 3. The van der Waals surface area contributed by atoms with Crippen molar-refractivity contribution in [2.75, 3.05) is 39.5 Å². The van der Waals surface area contributed by atoms with Gasteiger partial charge in [-0.1, -0.05) is 6.07 Å². The molecule has 0 aliphatic carbocycles. The highest BCUT2D eigenvalue weighted by atomic mass is 16.5. The Hall–Kier alpha value is -1.01. The summed E-state index contributed by atoms with van der Waals surface area (Å²) in [4.78, 5) is 6.84. The Balaban J connectivity index is 1.17. The Kier molecular flexibility index (Phi) is 5.89. The van der Waals surface area contributed by atoms with Crippen LogP contribution in [0.5, 0.6) is 0 Å². The van der Waals surface area contributed by atoms with Crippen LogP contribution in [-0.4, -0.2) is 61.0 Å². The van der Waals surface area contributed by atoms with Crippen molar-refractivity contribution in [1.82, 2.24) is 9.88 Å². The molecule has 0 N–H and O–H groups in total. The van der Waals surface area contributed by atoms with Crippen LogP contribution in [0, 0.1) is 12.8 Å². The summed E-state index contributed by atoms with van der Waals surface area (Å²) in [7, 11) is 0. The highest BCUT2D eigenvalue weighted by Gasteiger charge is 2.49. The maximum atomic E-state index is 6.22. The molecule has 1 unspecified atom stereocenters. The topological polar surface area (TPSA) is 43.8 Å². The van der Waals surface area contributed by atoms with E-state index in [1.54, 1.807) is 0 Å². The van der Waals surface area contributed by atoms with Crippen molar-refractivity contribution in [3.63, 3.8) is 0 Å². The predicted octanol–water partition coefficient (Wildman–Crippen LogP) is 2.96. The van der Waals surface area contributed by atoms with Gasteiger partial charge in [-0.25, -0.2) is 0 Å². The summed E-state index contributed by atoms with van der Waals surface area (Å²) in [5, 5.41) is 0. The first-order valence-corrected chi connectivity index (χ1v) is 10.2. The Bertz CT molecular complexity index is 582. The molecule has 144 valence electrons. The van der Waals surface area contributed by atoms with Gasteiger partial charge in [0.1, 0.15) is 0 Å². The van der Waals surface area contributed by atoms with Gasteiger partial charge >= 0.3 is 0 Å². The quantitative estimate of drug-likeness (QED) is 0.730. The monoisotopic (exact) mass is 360 g/mol. The van der Waals surface area contributed by atoms with E-state index in [0.29, 0.717) is 12.6 Å². The molecule has 1 atom stereocenters. The summed E-state index contributed by atoms with van der Waals surface area (Å²) in [6, 6.07) is 2.86. The van der Waals surface area contributed by atoms with Crippen molar-refractivity contribution in [3.05, 3.63) is 29.6 Å². The van der Waals surface area contributed by atoms with Gasteiger partial charge in [0.05, 0.1) is 12.2 Å². The van der Waals surface area contributed by atoms with E-state index in [2.05, 4.69) is 22.9 Å². The minimum absolute atomic E-state index is 0.127. The number of nitrogens with zero attached hydrogens (tertiary/aromatic N) is 2. The van der Waals surface area contributed by atoms with Crippen molar-refractivity contribution >= 4 is 0 Å². The van der Waals surface area contributed by atoms with Crippen molar-refractivity contribution in [2.45, 2.75) is 57.3 Å². The third-order valence-corrected chi connectivity index (χ3v) is 6.16. The molecular weight excluding hydrogens is 328 g/mol.